The fourth-order valence-corrected chi connectivity index (χ4v) is 3.06. The van der Waals surface area contributed by atoms with E-state index in [2.05, 4.69) is 12.1 Å². The van der Waals surface area contributed by atoms with E-state index in [4.69, 9.17) is 0 Å². The van der Waals surface area contributed by atoms with E-state index in [-0.39, 0.29) is 0 Å². The molecule has 0 amide bonds. The Morgan fingerprint density at radius 3 is 1.92 bits per heavy atom. The number of para-hydroxylation sites is 1. The maximum Gasteiger partial charge on any atom is 0.133 e. The summed E-state index contributed by atoms with van der Waals surface area (Å²) in [5.74, 6) is 0. The van der Waals surface area contributed by atoms with Crippen LogP contribution in [0.25, 0.3) is 0 Å². The van der Waals surface area contributed by atoms with Gasteiger partial charge in [-0.25, -0.2) is 0 Å². The summed E-state index contributed by atoms with van der Waals surface area (Å²) in [5, 5.41) is 19.6. The standard InChI is InChI=1S/C21H23N3/c1-20(2,16-22)15-21(17-23,14-18-10-6-4-7-11-18)24(3)19-12-8-5-9-13-19/h4-13H,14-15H2,1-3H3. The highest BCUT2D eigenvalue weighted by Crippen LogP contribution is 2.36. The van der Waals surface area contributed by atoms with E-state index in [0.717, 1.165) is 11.3 Å². The number of hydrogen-bond donors (Lipinski definition) is 0. The van der Waals surface area contributed by atoms with Crippen LogP contribution >= 0.6 is 0 Å². The zero-order valence-electron chi connectivity index (χ0n) is 14.5. The van der Waals surface area contributed by atoms with Gasteiger partial charge in [-0.1, -0.05) is 48.5 Å². The molecule has 1 atom stereocenters. The summed E-state index contributed by atoms with van der Waals surface area (Å²) in [4.78, 5) is 2.01. The Hall–Kier alpha value is -2.78. The average molecular weight is 317 g/mol. The monoisotopic (exact) mass is 317 g/mol. The first-order valence-corrected chi connectivity index (χ1v) is 8.08. The summed E-state index contributed by atoms with van der Waals surface area (Å²) in [6, 6.07) is 24.8. The number of nitriles is 2. The Balaban J connectivity index is 2.47. The summed E-state index contributed by atoms with van der Waals surface area (Å²) in [6.45, 7) is 3.78. The average Bonchev–Trinajstić information content (AvgIpc) is 2.62. The first kappa shape index (κ1) is 17.6. The molecule has 0 spiro atoms. The van der Waals surface area contributed by atoms with E-state index in [0.29, 0.717) is 12.8 Å². The van der Waals surface area contributed by atoms with Crippen molar-refractivity contribution < 1.29 is 0 Å². The molecule has 0 aromatic heterocycles. The third kappa shape index (κ3) is 3.94. The molecule has 1 unspecified atom stereocenters. The van der Waals surface area contributed by atoms with Gasteiger partial charge in [-0.2, -0.15) is 10.5 Å². The highest BCUT2D eigenvalue weighted by atomic mass is 15.2. The molecule has 2 rings (SSSR count). The second-order valence-electron chi connectivity index (χ2n) is 6.87. The van der Waals surface area contributed by atoms with E-state index in [9.17, 15) is 10.5 Å². The molecular formula is C21H23N3. The lowest BCUT2D eigenvalue weighted by Gasteiger charge is -2.41. The van der Waals surface area contributed by atoms with Crippen LogP contribution in [0.2, 0.25) is 0 Å². The van der Waals surface area contributed by atoms with Crippen LogP contribution in [0.3, 0.4) is 0 Å². The van der Waals surface area contributed by atoms with Crippen LogP contribution in [-0.4, -0.2) is 12.6 Å². The molecule has 2 aromatic carbocycles. The molecule has 3 heteroatoms. The van der Waals surface area contributed by atoms with Gasteiger partial charge in [0.05, 0.1) is 17.6 Å². The molecule has 0 aliphatic rings. The highest BCUT2D eigenvalue weighted by Gasteiger charge is 2.41. The molecule has 122 valence electrons. The summed E-state index contributed by atoms with van der Waals surface area (Å²) in [5.41, 5.74) is 0.689. The van der Waals surface area contributed by atoms with Crippen LogP contribution in [0.4, 0.5) is 5.69 Å². The predicted molar refractivity (Wildman–Crippen MR) is 97.3 cm³/mol. The third-order valence-corrected chi connectivity index (χ3v) is 4.37. The van der Waals surface area contributed by atoms with Crippen LogP contribution in [-0.2, 0) is 6.42 Å². The van der Waals surface area contributed by atoms with Gasteiger partial charge >= 0.3 is 0 Å². The number of hydrogen-bond acceptors (Lipinski definition) is 3. The number of nitrogens with zero attached hydrogens (tertiary/aromatic N) is 3. The van der Waals surface area contributed by atoms with Gasteiger partial charge < -0.3 is 4.90 Å². The van der Waals surface area contributed by atoms with Crippen LogP contribution in [0, 0.1) is 28.1 Å². The van der Waals surface area contributed by atoms with E-state index >= 15 is 0 Å². The van der Waals surface area contributed by atoms with Gasteiger partial charge in [0.15, 0.2) is 0 Å². The smallest absolute Gasteiger partial charge is 0.133 e. The van der Waals surface area contributed by atoms with Gasteiger partial charge in [0.25, 0.3) is 0 Å². The molecule has 0 saturated carbocycles. The maximum absolute atomic E-state index is 10.1. The minimum atomic E-state index is -0.790. The molecule has 0 fully saturated rings. The van der Waals surface area contributed by atoms with Crippen molar-refractivity contribution in [2.24, 2.45) is 5.41 Å². The van der Waals surface area contributed by atoms with Gasteiger partial charge in [-0.05, 0) is 31.5 Å². The van der Waals surface area contributed by atoms with Gasteiger partial charge in [0.2, 0.25) is 0 Å². The van der Waals surface area contributed by atoms with Crippen molar-refractivity contribution in [2.45, 2.75) is 32.2 Å². The second kappa shape index (κ2) is 7.20. The van der Waals surface area contributed by atoms with Crippen LogP contribution in [0.15, 0.2) is 60.7 Å². The molecular weight excluding hydrogens is 294 g/mol. The molecule has 0 aliphatic carbocycles. The molecule has 0 bridgehead atoms. The lowest BCUT2D eigenvalue weighted by atomic mass is 9.76. The minimum absolute atomic E-state index is 0.466. The quantitative estimate of drug-likeness (QED) is 0.784. The van der Waals surface area contributed by atoms with E-state index < -0.39 is 11.0 Å². The van der Waals surface area contributed by atoms with Gasteiger partial charge in [0, 0.05) is 25.6 Å². The minimum Gasteiger partial charge on any atom is -0.356 e. The van der Waals surface area contributed by atoms with E-state index in [1.54, 1.807) is 0 Å². The fraction of sp³-hybridized carbons (Fsp3) is 0.333. The lowest BCUT2D eigenvalue weighted by molar-refractivity contribution is 0.334. The van der Waals surface area contributed by atoms with Crippen molar-refractivity contribution >= 4 is 5.69 Å². The molecule has 3 nitrogen and oxygen atoms in total. The molecule has 0 N–H and O–H groups in total. The van der Waals surface area contributed by atoms with Crippen molar-refractivity contribution in [3.05, 3.63) is 66.2 Å². The Kier molecular flexibility index (Phi) is 5.27. The van der Waals surface area contributed by atoms with Crippen LogP contribution in [0.1, 0.15) is 25.8 Å². The number of rotatable bonds is 6. The molecule has 0 saturated heterocycles. The first-order valence-electron chi connectivity index (χ1n) is 8.08. The van der Waals surface area contributed by atoms with Gasteiger partial charge in [-0.3, -0.25) is 0 Å². The summed E-state index contributed by atoms with van der Waals surface area (Å²) in [7, 11) is 1.94. The lowest BCUT2D eigenvalue weighted by Crippen LogP contribution is -2.50. The topological polar surface area (TPSA) is 50.8 Å². The summed E-state index contributed by atoms with van der Waals surface area (Å²) in [6.07, 6.45) is 1.04. The molecule has 24 heavy (non-hydrogen) atoms. The fourth-order valence-electron chi connectivity index (χ4n) is 3.06. The van der Waals surface area contributed by atoms with Crippen LogP contribution < -0.4 is 4.90 Å². The Morgan fingerprint density at radius 1 is 0.875 bits per heavy atom. The molecule has 2 aromatic rings. The van der Waals surface area contributed by atoms with Crippen LogP contribution in [0.5, 0.6) is 0 Å². The normalized spacial score (nSPS) is 13.4. The van der Waals surface area contributed by atoms with Crippen molar-refractivity contribution in [1.82, 2.24) is 0 Å². The summed E-state index contributed by atoms with van der Waals surface area (Å²) < 4.78 is 0. The van der Waals surface area contributed by atoms with Crippen molar-refractivity contribution in [3.63, 3.8) is 0 Å². The second-order valence-corrected chi connectivity index (χ2v) is 6.87. The largest absolute Gasteiger partial charge is 0.356 e. The molecule has 0 radical (unpaired) electrons. The Bertz CT molecular complexity index is 738. The summed E-state index contributed by atoms with van der Waals surface area (Å²) >= 11 is 0. The Morgan fingerprint density at radius 2 is 1.42 bits per heavy atom. The number of anilines is 1. The van der Waals surface area contributed by atoms with E-state index in [1.807, 2.05) is 86.5 Å². The number of benzene rings is 2. The predicted octanol–water partition coefficient (Wildman–Crippen LogP) is 4.57. The zero-order chi connectivity index (χ0) is 17.6. The molecule has 0 heterocycles. The van der Waals surface area contributed by atoms with Crippen molar-refractivity contribution in [2.75, 3.05) is 11.9 Å². The highest BCUT2D eigenvalue weighted by molar-refractivity contribution is 5.51. The van der Waals surface area contributed by atoms with Crippen molar-refractivity contribution in [1.29, 1.82) is 10.5 Å². The third-order valence-electron chi connectivity index (χ3n) is 4.37. The zero-order valence-corrected chi connectivity index (χ0v) is 14.5. The van der Waals surface area contributed by atoms with Crippen molar-refractivity contribution in [3.8, 4) is 12.1 Å². The van der Waals surface area contributed by atoms with E-state index in [1.165, 1.54) is 0 Å². The van der Waals surface area contributed by atoms with Gasteiger partial charge in [0.1, 0.15) is 5.54 Å². The Labute approximate surface area is 144 Å². The first-order chi connectivity index (χ1) is 11.4. The number of likely N-dealkylation sites (N-methyl/N-ethyl adjacent to an activating group) is 1. The molecule has 0 aliphatic heterocycles. The maximum atomic E-state index is 10.1. The SMILES string of the molecule is CN(c1ccccc1)C(C#N)(Cc1ccccc1)CC(C)(C)C#N. The van der Waals surface area contributed by atoms with Gasteiger partial charge in [-0.15, -0.1) is 0 Å².